The molecule has 1 aliphatic rings. The molecule has 0 bridgehead atoms. The minimum atomic E-state index is -0.891. The Hall–Kier alpha value is -1.39. The number of nitrogens with zero attached hydrogens (tertiary/aromatic N) is 1. The van der Waals surface area contributed by atoms with Gasteiger partial charge in [0.05, 0.1) is 0 Å². The van der Waals surface area contributed by atoms with Crippen LogP contribution < -0.4 is 0 Å². The second-order valence-corrected chi connectivity index (χ2v) is 4.64. The highest BCUT2D eigenvalue weighted by Crippen LogP contribution is 2.10. The minimum Gasteiger partial charge on any atom is -0.479 e. The number of aliphatic carboxylic acids is 1. The zero-order valence-corrected chi connectivity index (χ0v) is 10.4. The summed E-state index contributed by atoms with van der Waals surface area (Å²) < 4.78 is 5.52. The SMILES string of the molecule is O=C(O)[C@H](Cc1ccccc1)OCN1CCCC1. The van der Waals surface area contributed by atoms with Crippen LogP contribution in [0.15, 0.2) is 30.3 Å². The monoisotopic (exact) mass is 249 g/mol. The molecule has 1 aromatic carbocycles. The fourth-order valence-electron chi connectivity index (χ4n) is 2.15. The van der Waals surface area contributed by atoms with Crippen LogP contribution in [0.2, 0.25) is 0 Å². The van der Waals surface area contributed by atoms with Crippen molar-refractivity contribution in [2.24, 2.45) is 0 Å². The van der Waals surface area contributed by atoms with E-state index in [9.17, 15) is 4.79 Å². The maximum Gasteiger partial charge on any atom is 0.333 e. The van der Waals surface area contributed by atoms with Crippen molar-refractivity contribution in [2.75, 3.05) is 19.8 Å². The van der Waals surface area contributed by atoms with Crippen molar-refractivity contribution in [3.63, 3.8) is 0 Å². The number of hydrogen-bond acceptors (Lipinski definition) is 3. The molecule has 4 heteroatoms. The highest BCUT2D eigenvalue weighted by molar-refractivity contribution is 5.72. The van der Waals surface area contributed by atoms with Gasteiger partial charge in [0, 0.05) is 19.5 Å². The maximum absolute atomic E-state index is 11.2. The predicted molar refractivity (Wildman–Crippen MR) is 68.3 cm³/mol. The average molecular weight is 249 g/mol. The number of hydrogen-bond donors (Lipinski definition) is 1. The Morgan fingerprint density at radius 3 is 2.56 bits per heavy atom. The summed E-state index contributed by atoms with van der Waals surface area (Å²) >= 11 is 0. The van der Waals surface area contributed by atoms with Crippen LogP contribution in [-0.2, 0) is 16.0 Å². The molecule has 98 valence electrons. The van der Waals surface area contributed by atoms with Gasteiger partial charge in [-0.2, -0.15) is 0 Å². The van der Waals surface area contributed by atoms with E-state index >= 15 is 0 Å². The largest absolute Gasteiger partial charge is 0.479 e. The van der Waals surface area contributed by atoms with Crippen molar-refractivity contribution in [1.29, 1.82) is 0 Å². The molecule has 0 radical (unpaired) electrons. The summed E-state index contributed by atoms with van der Waals surface area (Å²) in [4.78, 5) is 13.3. The Morgan fingerprint density at radius 2 is 1.94 bits per heavy atom. The second kappa shape index (κ2) is 6.52. The summed E-state index contributed by atoms with van der Waals surface area (Å²) in [7, 11) is 0. The fourth-order valence-corrected chi connectivity index (χ4v) is 2.15. The Labute approximate surface area is 107 Å². The Kier molecular flexibility index (Phi) is 4.73. The third kappa shape index (κ3) is 3.82. The van der Waals surface area contributed by atoms with Crippen LogP contribution in [0.25, 0.3) is 0 Å². The Bertz CT molecular complexity index is 374. The molecule has 1 heterocycles. The molecule has 1 N–H and O–H groups in total. The topological polar surface area (TPSA) is 49.8 Å². The lowest BCUT2D eigenvalue weighted by atomic mass is 10.1. The van der Waals surface area contributed by atoms with E-state index in [1.54, 1.807) is 0 Å². The van der Waals surface area contributed by atoms with Gasteiger partial charge in [-0.15, -0.1) is 0 Å². The lowest BCUT2D eigenvalue weighted by Gasteiger charge is -2.19. The number of benzene rings is 1. The first-order valence-corrected chi connectivity index (χ1v) is 6.36. The molecular weight excluding hydrogens is 230 g/mol. The highest BCUT2D eigenvalue weighted by atomic mass is 16.5. The number of likely N-dealkylation sites (tertiary alicyclic amines) is 1. The number of carbonyl (C=O) groups is 1. The molecule has 1 aliphatic heterocycles. The second-order valence-electron chi connectivity index (χ2n) is 4.64. The van der Waals surface area contributed by atoms with E-state index in [0.717, 1.165) is 18.7 Å². The number of rotatable bonds is 6. The zero-order valence-electron chi connectivity index (χ0n) is 10.4. The van der Waals surface area contributed by atoms with Crippen molar-refractivity contribution in [3.05, 3.63) is 35.9 Å². The quantitative estimate of drug-likeness (QED) is 0.834. The van der Waals surface area contributed by atoms with E-state index in [4.69, 9.17) is 9.84 Å². The lowest BCUT2D eigenvalue weighted by molar-refractivity contribution is -0.153. The Balaban J connectivity index is 1.85. The number of ether oxygens (including phenoxy) is 1. The van der Waals surface area contributed by atoms with Gasteiger partial charge in [0.2, 0.25) is 0 Å². The molecule has 2 rings (SSSR count). The summed E-state index contributed by atoms with van der Waals surface area (Å²) in [6.07, 6.45) is 2.02. The van der Waals surface area contributed by atoms with E-state index in [2.05, 4.69) is 4.90 Å². The molecule has 0 amide bonds. The van der Waals surface area contributed by atoms with Gasteiger partial charge >= 0.3 is 5.97 Å². The summed E-state index contributed by atoms with van der Waals surface area (Å²) in [6, 6.07) is 9.60. The van der Waals surface area contributed by atoms with Crippen LogP contribution in [0.3, 0.4) is 0 Å². The van der Waals surface area contributed by atoms with Gasteiger partial charge in [0.1, 0.15) is 6.73 Å². The lowest BCUT2D eigenvalue weighted by Crippen LogP contribution is -2.32. The normalized spacial score (nSPS) is 17.8. The van der Waals surface area contributed by atoms with E-state index in [0.29, 0.717) is 13.2 Å². The number of carboxylic acids is 1. The van der Waals surface area contributed by atoms with Crippen LogP contribution in [0.4, 0.5) is 0 Å². The minimum absolute atomic E-state index is 0.420. The van der Waals surface area contributed by atoms with Gasteiger partial charge in [-0.25, -0.2) is 4.79 Å². The van der Waals surface area contributed by atoms with E-state index < -0.39 is 12.1 Å². The molecule has 1 fully saturated rings. The fraction of sp³-hybridized carbons (Fsp3) is 0.500. The molecule has 0 aromatic heterocycles. The molecule has 0 spiro atoms. The van der Waals surface area contributed by atoms with Gasteiger partial charge < -0.3 is 9.84 Å². The molecule has 1 saturated heterocycles. The molecule has 18 heavy (non-hydrogen) atoms. The third-order valence-electron chi connectivity index (χ3n) is 3.20. The van der Waals surface area contributed by atoms with Crippen molar-refractivity contribution in [1.82, 2.24) is 4.90 Å². The van der Waals surface area contributed by atoms with Crippen molar-refractivity contribution in [3.8, 4) is 0 Å². The predicted octanol–water partition coefficient (Wildman–Crippen LogP) is 1.75. The smallest absolute Gasteiger partial charge is 0.333 e. The number of carboxylic acid groups (broad SMARTS) is 1. The van der Waals surface area contributed by atoms with Crippen LogP contribution in [0.1, 0.15) is 18.4 Å². The third-order valence-corrected chi connectivity index (χ3v) is 3.20. The molecule has 0 aliphatic carbocycles. The highest BCUT2D eigenvalue weighted by Gasteiger charge is 2.21. The molecular formula is C14H19NO3. The molecule has 0 saturated carbocycles. The first-order chi connectivity index (χ1) is 8.75. The van der Waals surface area contributed by atoms with Gasteiger partial charge in [-0.05, 0) is 18.4 Å². The summed E-state index contributed by atoms with van der Waals surface area (Å²) in [5.41, 5.74) is 0.992. The van der Waals surface area contributed by atoms with Crippen LogP contribution in [0.5, 0.6) is 0 Å². The standard InChI is InChI=1S/C14H19NO3/c16-14(17)13(10-12-6-2-1-3-7-12)18-11-15-8-4-5-9-15/h1-3,6-7,13H,4-5,8-11H2,(H,16,17)/t13-/m0/s1. The average Bonchev–Trinajstić information content (AvgIpc) is 2.88. The van der Waals surface area contributed by atoms with Gasteiger partial charge in [-0.3, -0.25) is 4.90 Å². The van der Waals surface area contributed by atoms with Crippen LogP contribution in [-0.4, -0.2) is 41.9 Å². The van der Waals surface area contributed by atoms with Gasteiger partial charge in [0.25, 0.3) is 0 Å². The molecule has 0 unspecified atom stereocenters. The van der Waals surface area contributed by atoms with E-state index in [1.807, 2.05) is 30.3 Å². The van der Waals surface area contributed by atoms with E-state index in [1.165, 1.54) is 12.8 Å². The van der Waals surface area contributed by atoms with Gasteiger partial charge in [0.15, 0.2) is 6.10 Å². The van der Waals surface area contributed by atoms with E-state index in [-0.39, 0.29) is 0 Å². The zero-order chi connectivity index (χ0) is 12.8. The maximum atomic E-state index is 11.2. The summed E-state index contributed by atoms with van der Waals surface area (Å²) in [5, 5.41) is 9.16. The van der Waals surface area contributed by atoms with Crippen molar-refractivity contribution >= 4 is 5.97 Å². The Morgan fingerprint density at radius 1 is 1.28 bits per heavy atom. The molecule has 1 aromatic rings. The molecule has 4 nitrogen and oxygen atoms in total. The van der Waals surface area contributed by atoms with Crippen molar-refractivity contribution < 1.29 is 14.6 Å². The van der Waals surface area contributed by atoms with Crippen LogP contribution >= 0.6 is 0 Å². The summed E-state index contributed by atoms with van der Waals surface area (Å²) in [5.74, 6) is -0.891. The first-order valence-electron chi connectivity index (χ1n) is 6.36. The van der Waals surface area contributed by atoms with Gasteiger partial charge in [-0.1, -0.05) is 30.3 Å². The molecule has 1 atom stereocenters. The first kappa shape index (κ1) is 13.1. The van der Waals surface area contributed by atoms with Crippen molar-refractivity contribution in [2.45, 2.75) is 25.4 Å². The van der Waals surface area contributed by atoms with Crippen LogP contribution in [0, 0.1) is 0 Å². The summed E-state index contributed by atoms with van der Waals surface area (Å²) in [6.45, 7) is 2.44.